The summed E-state index contributed by atoms with van der Waals surface area (Å²) in [4.78, 5) is 12.8. The first kappa shape index (κ1) is 20.0. The molecule has 1 aliphatic heterocycles. The number of nitrogens with one attached hydrogen (secondary N) is 1. The van der Waals surface area contributed by atoms with Gasteiger partial charge in [0.25, 0.3) is 5.91 Å². The molecule has 7 nitrogen and oxygen atoms in total. The van der Waals surface area contributed by atoms with Crippen molar-refractivity contribution >= 4 is 5.91 Å². The number of carbonyl (C=O) groups excluding carboxylic acids is 1. The standard InChI is InChI=1S/C23H25N3O4/c1-28-18-8-9-20(29-2)19(12-18)23(27)24-13-21-22-17(10-11-30-21)15-26(25-22)14-16-6-4-3-5-7-16/h3-9,12,15,21H,10-11,13-14H2,1-2H3,(H,24,27)/t21-/m1/s1. The van der Waals surface area contributed by atoms with Gasteiger partial charge in [-0.2, -0.15) is 5.10 Å². The molecule has 1 atom stereocenters. The number of carbonyl (C=O) groups is 1. The number of fused-ring (bicyclic) bond motifs is 1. The van der Waals surface area contributed by atoms with Gasteiger partial charge >= 0.3 is 0 Å². The van der Waals surface area contributed by atoms with E-state index in [2.05, 4.69) is 23.6 Å². The molecule has 30 heavy (non-hydrogen) atoms. The van der Waals surface area contributed by atoms with Gasteiger partial charge in [0, 0.05) is 12.7 Å². The summed E-state index contributed by atoms with van der Waals surface area (Å²) in [5.74, 6) is 0.840. The Morgan fingerprint density at radius 3 is 2.80 bits per heavy atom. The van der Waals surface area contributed by atoms with E-state index in [-0.39, 0.29) is 12.0 Å². The van der Waals surface area contributed by atoms with E-state index in [9.17, 15) is 4.79 Å². The van der Waals surface area contributed by atoms with Crippen molar-refractivity contribution in [3.8, 4) is 11.5 Å². The van der Waals surface area contributed by atoms with Gasteiger partial charge in [-0.1, -0.05) is 30.3 Å². The summed E-state index contributed by atoms with van der Waals surface area (Å²) in [6, 6.07) is 15.3. The Hall–Kier alpha value is -3.32. The van der Waals surface area contributed by atoms with Gasteiger partial charge in [0.1, 0.15) is 17.6 Å². The highest BCUT2D eigenvalue weighted by molar-refractivity contribution is 5.97. The molecular weight excluding hydrogens is 382 g/mol. The van der Waals surface area contributed by atoms with Crippen LogP contribution in [0.25, 0.3) is 0 Å². The minimum Gasteiger partial charge on any atom is -0.497 e. The molecule has 3 aromatic rings. The van der Waals surface area contributed by atoms with E-state index in [1.54, 1.807) is 25.3 Å². The quantitative estimate of drug-likeness (QED) is 0.652. The van der Waals surface area contributed by atoms with E-state index in [1.807, 2.05) is 22.9 Å². The number of aromatic nitrogens is 2. The second kappa shape index (κ2) is 9.00. The largest absolute Gasteiger partial charge is 0.497 e. The number of ether oxygens (including phenoxy) is 3. The van der Waals surface area contributed by atoms with Gasteiger partial charge in [0.05, 0.1) is 38.6 Å². The average molecular weight is 407 g/mol. The molecule has 156 valence electrons. The minimum atomic E-state index is -0.286. The van der Waals surface area contributed by atoms with Crippen LogP contribution in [0.1, 0.15) is 33.3 Å². The Labute approximate surface area is 175 Å². The van der Waals surface area contributed by atoms with Crippen molar-refractivity contribution in [1.29, 1.82) is 0 Å². The lowest BCUT2D eigenvalue weighted by molar-refractivity contribution is 0.0383. The first-order valence-electron chi connectivity index (χ1n) is 9.90. The molecule has 0 aliphatic carbocycles. The van der Waals surface area contributed by atoms with E-state index in [1.165, 1.54) is 12.7 Å². The Morgan fingerprint density at radius 2 is 2.03 bits per heavy atom. The zero-order valence-corrected chi connectivity index (χ0v) is 17.1. The molecule has 1 aromatic heterocycles. The van der Waals surface area contributed by atoms with Crippen molar-refractivity contribution in [2.45, 2.75) is 19.1 Å². The summed E-state index contributed by atoms with van der Waals surface area (Å²) in [6.07, 6.45) is 2.61. The lowest BCUT2D eigenvalue weighted by Gasteiger charge is -2.22. The number of hydrogen-bond donors (Lipinski definition) is 1. The van der Waals surface area contributed by atoms with Gasteiger partial charge in [-0.25, -0.2) is 0 Å². The second-order valence-corrected chi connectivity index (χ2v) is 7.11. The number of benzene rings is 2. The monoisotopic (exact) mass is 407 g/mol. The van der Waals surface area contributed by atoms with E-state index in [4.69, 9.17) is 19.3 Å². The second-order valence-electron chi connectivity index (χ2n) is 7.11. The smallest absolute Gasteiger partial charge is 0.255 e. The fourth-order valence-corrected chi connectivity index (χ4v) is 3.61. The number of nitrogens with zero attached hydrogens (tertiary/aromatic N) is 2. The van der Waals surface area contributed by atoms with Gasteiger partial charge in [0.15, 0.2) is 0 Å². The Kier molecular flexibility index (Phi) is 5.99. The van der Waals surface area contributed by atoms with E-state index >= 15 is 0 Å². The molecule has 0 radical (unpaired) electrons. The molecule has 0 spiro atoms. The summed E-state index contributed by atoms with van der Waals surface area (Å²) >= 11 is 0. The van der Waals surface area contributed by atoms with E-state index in [0.717, 1.165) is 17.7 Å². The third-order valence-corrected chi connectivity index (χ3v) is 5.15. The molecule has 0 saturated heterocycles. The lowest BCUT2D eigenvalue weighted by Crippen LogP contribution is -2.32. The highest BCUT2D eigenvalue weighted by Gasteiger charge is 2.26. The van der Waals surface area contributed by atoms with Crippen LogP contribution < -0.4 is 14.8 Å². The normalized spacial score (nSPS) is 15.3. The zero-order valence-electron chi connectivity index (χ0n) is 17.1. The first-order chi connectivity index (χ1) is 14.7. The SMILES string of the molecule is COc1ccc(OC)c(C(=O)NC[C@H]2OCCc3cn(Cc4ccccc4)nc32)c1. The zero-order chi connectivity index (χ0) is 20.9. The topological polar surface area (TPSA) is 74.6 Å². The Morgan fingerprint density at radius 1 is 1.20 bits per heavy atom. The summed E-state index contributed by atoms with van der Waals surface area (Å²) < 4.78 is 18.4. The molecule has 4 rings (SSSR count). The van der Waals surface area contributed by atoms with Crippen LogP contribution in [-0.4, -0.2) is 43.1 Å². The van der Waals surface area contributed by atoms with Gasteiger partial charge in [0.2, 0.25) is 0 Å². The fourth-order valence-electron chi connectivity index (χ4n) is 3.61. The van der Waals surface area contributed by atoms with Crippen molar-refractivity contribution in [3.05, 3.63) is 77.1 Å². The van der Waals surface area contributed by atoms with Crippen LogP contribution in [-0.2, 0) is 17.7 Å². The molecular formula is C23H25N3O4. The fraction of sp³-hybridized carbons (Fsp3) is 0.304. The Balaban J connectivity index is 1.46. The van der Waals surface area contributed by atoms with Gasteiger partial charge in [-0.15, -0.1) is 0 Å². The molecule has 0 bridgehead atoms. The Bertz CT molecular complexity index is 1020. The maximum atomic E-state index is 12.8. The van der Waals surface area contributed by atoms with E-state index < -0.39 is 0 Å². The number of rotatable bonds is 7. The van der Waals surface area contributed by atoms with Crippen molar-refractivity contribution in [3.63, 3.8) is 0 Å². The van der Waals surface area contributed by atoms with Gasteiger partial charge in [-0.05, 0) is 35.7 Å². The lowest BCUT2D eigenvalue weighted by atomic mass is 10.1. The van der Waals surface area contributed by atoms with Crippen LogP contribution in [0.2, 0.25) is 0 Å². The minimum absolute atomic E-state index is 0.245. The molecule has 2 aromatic carbocycles. The highest BCUT2D eigenvalue weighted by atomic mass is 16.5. The van der Waals surface area contributed by atoms with Crippen molar-refractivity contribution in [2.24, 2.45) is 0 Å². The summed E-state index contributed by atoms with van der Waals surface area (Å²) in [5, 5.41) is 7.68. The molecule has 2 heterocycles. The van der Waals surface area contributed by atoms with Crippen molar-refractivity contribution in [1.82, 2.24) is 15.1 Å². The van der Waals surface area contributed by atoms with E-state index in [0.29, 0.717) is 36.8 Å². The first-order valence-corrected chi connectivity index (χ1v) is 9.90. The third-order valence-electron chi connectivity index (χ3n) is 5.15. The van der Waals surface area contributed by atoms with Crippen molar-refractivity contribution < 1.29 is 19.0 Å². The predicted molar refractivity (Wildman–Crippen MR) is 112 cm³/mol. The molecule has 0 saturated carbocycles. The maximum Gasteiger partial charge on any atom is 0.255 e. The van der Waals surface area contributed by atoms with Crippen LogP contribution in [0, 0.1) is 0 Å². The number of amides is 1. The number of methoxy groups -OCH3 is 2. The van der Waals surface area contributed by atoms with Crippen molar-refractivity contribution in [2.75, 3.05) is 27.4 Å². The average Bonchev–Trinajstić information content (AvgIpc) is 3.20. The maximum absolute atomic E-state index is 12.8. The number of hydrogen-bond acceptors (Lipinski definition) is 5. The van der Waals surface area contributed by atoms with Crippen LogP contribution >= 0.6 is 0 Å². The molecule has 1 aliphatic rings. The van der Waals surface area contributed by atoms with Crippen LogP contribution in [0.4, 0.5) is 0 Å². The summed E-state index contributed by atoms with van der Waals surface area (Å²) in [6.45, 7) is 1.63. The van der Waals surface area contributed by atoms with Gasteiger partial charge in [-0.3, -0.25) is 9.48 Å². The molecule has 0 fully saturated rings. The molecule has 1 amide bonds. The summed E-state index contributed by atoms with van der Waals surface area (Å²) in [5.41, 5.74) is 3.65. The molecule has 1 N–H and O–H groups in total. The highest BCUT2D eigenvalue weighted by Crippen LogP contribution is 2.27. The van der Waals surface area contributed by atoms with Crippen LogP contribution in [0.3, 0.4) is 0 Å². The molecule has 7 heteroatoms. The summed E-state index contributed by atoms with van der Waals surface area (Å²) in [7, 11) is 3.10. The van der Waals surface area contributed by atoms with Crippen LogP contribution in [0.15, 0.2) is 54.7 Å². The third kappa shape index (κ3) is 4.31. The van der Waals surface area contributed by atoms with Gasteiger partial charge < -0.3 is 19.5 Å². The predicted octanol–water partition coefficient (Wildman–Crippen LogP) is 2.99. The van der Waals surface area contributed by atoms with Crippen LogP contribution in [0.5, 0.6) is 11.5 Å². The molecule has 0 unspecified atom stereocenters.